The Bertz CT molecular complexity index is 671. The highest BCUT2D eigenvalue weighted by molar-refractivity contribution is 7.89. The van der Waals surface area contributed by atoms with E-state index >= 15 is 0 Å². The van der Waals surface area contributed by atoms with Crippen molar-refractivity contribution in [2.75, 3.05) is 38.7 Å². The minimum absolute atomic E-state index is 0.0470. The van der Waals surface area contributed by atoms with Crippen LogP contribution in [0.5, 0.6) is 0 Å². The largest absolute Gasteiger partial charge is 0.478 e. The Morgan fingerprint density at radius 1 is 1.46 bits per heavy atom. The van der Waals surface area contributed by atoms with E-state index in [9.17, 15) is 18.3 Å². The molecule has 0 amide bonds. The molecule has 1 saturated heterocycles. The van der Waals surface area contributed by atoms with E-state index in [1.165, 1.54) is 19.2 Å². The zero-order valence-corrected chi connectivity index (χ0v) is 14.3. The van der Waals surface area contributed by atoms with Crippen LogP contribution in [-0.2, 0) is 19.5 Å². The quantitative estimate of drug-likeness (QED) is 0.562. The molecule has 1 aliphatic rings. The van der Waals surface area contributed by atoms with Crippen molar-refractivity contribution >= 4 is 21.7 Å². The number of carboxylic acid groups (broad SMARTS) is 1. The summed E-state index contributed by atoms with van der Waals surface area (Å²) in [6.07, 6.45) is 1.96. The van der Waals surface area contributed by atoms with Crippen LogP contribution in [0, 0.1) is 0 Å². The van der Waals surface area contributed by atoms with Crippen molar-refractivity contribution in [2.45, 2.75) is 23.8 Å². The summed E-state index contributed by atoms with van der Waals surface area (Å²) in [7, 11) is -2.32. The highest BCUT2D eigenvalue weighted by Crippen LogP contribution is 2.22. The number of sulfonamides is 1. The number of carboxylic acids is 1. The number of hydrogen-bond donors (Lipinski definition) is 3. The zero-order chi connectivity index (χ0) is 17.6. The van der Waals surface area contributed by atoms with Gasteiger partial charge >= 0.3 is 5.97 Å². The first kappa shape index (κ1) is 18.7. The average Bonchev–Trinajstić information content (AvgIpc) is 3.06. The van der Waals surface area contributed by atoms with Gasteiger partial charge in [-0.05, 0) is 31.0 Å². The van der Waals surface area contributed by atoms with Crippen LogP contribution in [0.15, 0.2) is 23.1 Å². The molecule has 134 valence electrons. The van der Waals surface area contributed by atoms with Gasteiger partial charge in [0, 0.05) is 32.5 Å². The lowest BCUT2D eigenvalue weighted by Crippen LogP contribution is -2.27. The lowest BCUT2D eigenvalue weighted by Gasteiger charge is -2.15. The van der Waals surface area contributed by atoms with Crippen molar-refractivity contribution in [1.82, 2.24) is 4.72 Å². The minimum atomic E-state index is -3.78. The Morgan fingerprint density at radius 3 is 2.88 bits per heavy atom. The predicted molar refractivity (Wildman–Crippen MR) is 87.9 cm³/mol. The van der Waals surface area contributed by atoms with Crippen molar-refractivity contribution in [2.24, 2.45) is 0 Å². The maximum absolute atomic E-state index is 12.2. The first-order chi connectivity index (χ1) is 11.4. The van der Waals surface area contributed by atoms with Crippen LogP contribution in [0.3, 0.4) is 0 Å². The second-order valence-corrected chi connectivity index (χ2v) is 7.19. The molecule has 0 bridgehead atoms. The fraction of sp³-hybridized carbons (Fsp3) is 0.533. The minimum Gasteiger partial charge on any atom is -0.478 e. The molecule has 9 heteroatoms. The van der Waals surface area contributed by atoms with E-state index in [2.05, 4.69) is 10.0 Å². The zero-order valence-electron chi connectivity index (χ0n) is 13.4. The number of rotatable bonds is 9. The molecule has 24 heavy (non-hydrogen) atoms. The maximum Gasteiger partial charge on any atom is 0.337 e. The van der Waals surface area contributed by atoms with Crippen LogP contribution in [0.4, 0.5) is 5.69 Å². The van der Waals surface area contributed by atoms with Gasteiger partial charge in [-0.3, -0.25) is 0 Å². The van der Waals surface area contributed by atoms with E-state index in [1.807, 2.05) is 0 Å². The number of methoxy groups -OCH3 is 1. The second kappa shape index (κ2) is 8.43. The Balaban J connectivity index is 2.14. The summed E-state index contributed by atoms with van der Waals surface area (Å²) in [4.78, 5) is 11.4. The molecule has 0 unspecified atom stereocenters. The molecule has 0 saturated carbocycles. The summed E-state index contributed by atoms with van der Waals surface area (Å²) in [5.74, 6) is -1.20. The molecule has 0 spiro atoms. The first-order valence-electron chi connectivity index (χ1n) is 7.65. The van der Waals surface area contributed by atoms with E-state index in [4.69, 9.17) is 9.47 Å². The smallest absolute Gasteiger partial charge is 0.337 e. The number of carbonyl (C=O) groups is 1. The third-order valence-corrected chi connectivity index (χ3v) is 5.13. The van der Waals surface area contributed by atoms with Gasteiger partial charge in [-0.15, -0.1) is 0 Å². The van der Waals surface area contributed by atoms with Gasteiger partial charge in [0.1, 0.15) is 0 Å². The van der Waals surface area contributed by atoms with Crippen LogP contribution in [0.2, 0.25) is 0 Å². The lowest BCUT2D eigenvalue weighted by atomic mass is 10.1. The number of anilines is 1. The Hall–Kier alpha value is -1.68. The van der Waals surface area contributed by atoms with Gasteiger partial charge < -0.3 is 19.9 Å². The normalized spacial score (nSPS) is 17.8. The summed E-state index contributed by atoms with van der Waals surface area (Å²) >= 11 is 0. The molecule has 2 rings (SSSR count). The SMILES string of the molecule is COCCNS(=O)(=O)c1ccc(NC[C@@H]2CCCO2)c(C(=O)O)c1. The van der Waals surface area contributed by atoms with Crippen molar-refractivity contribution in [3.63, 3.8) is 0 Å². The molecule has 0 radical (unpaired) electrons. The molecule has 1 aromatic carbocycles. The van der Waals surface area contributed by atoms with Crippen LogP contribution >= 0.6 is 0 Å². The van der Waals surface area contributed by atoms with E-state index in [1.54, 1.807) is 0 Å². The van der Waals surface area contributed by atoms with Gasteiger partial charge in [0.25, 0.3) is 0 Å². The van der Waals surface area contributed by atoms with Gasteiger partial charge in [0.15, 0.2) is 0 Å². The molecule has 1 aliphatic heterocycles. The van der Waals surface area contributed by atoms with Crippen molar-refractivity contribution in [3.8, 4) is 0 Å². The molecule has 1 atom stereocenters. The van der Waals surface area contributed by atoms with E-state index in [0.29, 0.717) is 18.8 Å². The summed E-state index contributed by atoms with van der Waals surface area (Å²) < 4.78 is 36.9. The second-order valence-electron chi connectivity index (χ2n) is 5.42. The Labute approximate surface area is 141 Å². The molecular weight excluding hydrogens is 336 g/mol. The van der Waals surface area contributed by atoms with Gasteiger partial charge in [-0.1, -0.05) is 0 Å². The van der Waals surface area contributed by atoms with Gasteiger partial charge in [-0.2, -0.15) is 0 Å². The fourth-order valence-electron chi connectivity index (χ4n) is 2.41. The fourth-order valence-corrected chi connectivity index (χ4v) is 3.45. The number of aromatic carboxylic acids is 1. The van der Waals surface area contributed by atoms with E-state index in [-0.39, 0.29) is 29.7 Å². The van der Waals surface area contributed by atoms with Crippen LogP contribution in [-0.4, -0.2) is 59.0 Å². The third kappa shape index (κ3) is 4.91. The number of nitrogens with one attached hydrogen (secondary N) is 2. The standard InChI is InChI=1S/C15H22N2O6S/c1-22-8-6-17-24(20,21)12-4-5-14(13(9-12)15(18)19)16-10-11-3-2-7-23-11/h4-5,9,11,16-17H,2-3,6-8,10H2,1H3,(H,18,19)/t11-/m0/s1. The number of hydrogen-bond acceptors (Lipinski definition) is 6. The van der Waals surface area contributed by atoms with Gasteiger partial charge in [0.2, 0.25) is 10.0 Å². The number of benzene rings is 1. The van der Waals surface area contributed by atoms with Crippen LogP contribution < -0.4 is 10.0 Å². The summed E-state index contributed by atoms with van der Waals surface area (Å²) in [6.45, 7) is 1.53. The third-order valence-electron chi connectivity index (χ3n) is 3.67. The van der Waals surface area contributed by atoms with Crippen LogP contribution in [0.1, 0.15) is 23.2 Å². The Kier molecular flexibility index (Phi) is 6.55. The molecule has 1 heterocycles. The van der Waals surface area contributed by atoms with Crippen LogP contribution in [0.25, 0.3) is 0 Å². The summed E-state index contributed by atoms with van der Waals surface area (Å²) in [5, 5.41) is 12.4. The van der Waals surface area contributed by atoms with Crippen molar-refractivity contribution in [3.05, 3.63) is 23.8 Å². The molecule has 0 aliphatic carbocycles. The molecule has 1 aromatic rings. The van der Waals surface area contributed by atoms with Gasteiger partial charge in [0.05, 0.1) is 23.2 Å². The van der Waals surface area contributed by atoms with E-state index < -0.39 is 16.0 Å². The van der Waals surface area contributed by atoms with Crippen molar-refractivity contribution < 1.29 is 27.8 Å². The average molecular weight is 358 g/mol. The summed E-state index contributed by atoms with van der Waals surface area (Å²) in [5.41, 5.74) is 0.274. The highest BCUT2D eigenvalue weighted by atomic mass is 32.2. The predicted octanol–water partition coefficient (Wildman–Crippen LogP) is 0.900. The molecule has 1 fully saturated rings. The molecular formula is C15H22N2O6S. The highest BCUT2D eigenvalue weighted by Gasteiger charge is 2.20. The monoisotopic (exact) mass is 358 g/mol. The Morgan fingerprint density at radius 2 is 2.25 bits per heavy atom. The van der Waals surface area contributed by atoms with E-state index in [0.717, 1.165) is 18.9 Å². The molecule has 8 nitrogen and oxygen atoms in total. The summed E-state index contributed by atoms with van der Waals surface area (Å²) in [6, 6.07) is 3.98. The lowest BCUT2D eigenvalue weighted by molar-refractivity contribution is 0.0697. The molecule has 3 N–H and O–H groups in total. The topological polar surface area (TPSA) is 114 Å². The first-order valence-corrected chi connectivity index (χ1v) is 9.14. The van der Waals surface area contributed by atoms with Crippen molar-refractivity contribution in [1.29, 1.82) is 0 Å². The number of ether oxygens (including phenoxy) is 2. The molecule has 0 aromatic heterocycles. The van der Waals surface area contributed by atoms with Gasteiger partial charge in [-0.25, -0.2) is 17.9 Å². The maximum atomic E-state index is 12.2.